The molecule has 40 heavy (non-hydrogen) atoms. The van der Waals surface area contributed by atoms with Crippen molar-refractivity contribution in [2.24, 2.45) is 0 Å². The Kier molecular flexibility index (Phi) is 6.01. The number of nitriles is 1. The number of fused-ring (bicyclic) bond motifs is 2. The molecule has 10 nitrogen and oxygen atoms in total. The zero-order valence-electron chi connectivity index (χ0n) is 20.2. The van der Waals surface area contributed by atoms with E-state index >= 15 is 4.39 Å². The van der Waals surface area contributed by atoms with E-state index in [2.05, 4.69) is 30.0 Å². The van der Waals surface area contributed by atoms with Crippen molar-refractivity contribution < 1.29 is 17.2 Å². The smallest absolute Gasteiger partial charge is 0.263 e. The lowest BCUT2D eigenvalue weighted by Crippen LogP contribution is -2.16. The minimum atomic E-state index is -4.37. The number of pyridine rings is 1. The van der Waals surface area contributed by atoms with E-state index in [1.165, 1.54) is 30.6 Å². The van der Waals surface area contributed by atoms with Gasteiger partial charge < -0.3 is 5.32 Å². The van der Waals surface area contributed by atoms with E-state index in [9.17, 15) is 18.1 Å². The van der Waals surface area contributed by atoms with Crippen LogP contribution in [0.4, 0.5) is 26.0 Å². The van der Waals surface area contributed by atoms with Gasteiger partial charge in [-0.05, 0) is 48.5 Å². The SMILES string of the molecule is N#Cc1ccccc1S(=O)(=O)Nc1ccc(F)c(Nc2ncnc3ccc(-n4cnc5ccccc54)nc23)c1F. The number of nitrogens with one attached hydrogen (secondary N) is 2. The van der Waals surface area contributed by atoms with Crippen LogP contribution in [-0.4, -0.2) is 32.9 Å². The van der Waals surface area contributed by atoms with Gasteiger partial charge in [0.2, 0.25) is 0 Å². The van der Waals surface area contributed by atoms with E-state index < -0.39 is 33.0 Å². The van der Waals surface area contributed by atoms with Crippen molar-refractivity contribution in [3.05, 3.63) is 103 Å². The Hall–Kier alpha value is -5.48. The summed E-state index contributed by atoms with van der Waals surface area (Å²) in [6.07, 6.45) is 2.81. The van der Waals surface area contributed by atoms with Gasteiger partial charge in [0.05, 0.1) is 27.8 Å². The number of rotatable bonds is 6. The molecule has 0 aliphatic heterocycles. The molecule has 3 aromatic heterocycles. The van der Waals surface area contributed by atoms with E-state index in [1.807, 2.05) is 24.3 Å². The standard InChI is InChI=1S/C27H16F2N8O2S/c28-17-9-10-19(36-40(38,39)22-8-4-1-5-16(22)13-30)24(29)25(17)35-27-26-20(31-14-32-27)11-12-23(34-26)37-15-33-18-6-2-3-7-21(18)37/h1-12,14-15,36H,(H,31,32,35). The number of hydrogen-bond donors (Lipinski definition) is 2. The highest BCUT2D eigenvalue weighted by molar-refractivity contribution is 7.92. The molecule has 0 saturated carbocycles. The Morgan fingerprint density at radius 2 is 1.68 bits per heavy atom. The summed E-state index contributed by atoms with van der Waals surface area (Å²) in [5.41, 5.74) is 0.851. The van der Waals surface area contributed by atoms with Crippen LogP contribution in [0.15, 0.2) is 90.3 Å². The Morgan fingerprint density at radius 1 is 0.875 bits per heavy atom. The minimum absolute atomic E-state index is 0.0103. The van der Waals surface area contributed by atoms with Crippen molar-refractivity contribution in [1.29, 1.82) is 5.26 Å². The molecule has 2 N–H and O–H groups in total. The zero-order chi connectivity index (χ0) is 27.9. The summed E-state index contributed by atoms with van der Waals surface area (Å²) in [5.74, 6) is -1.76. The lowest BCUT2D eigenvalue weighted by molar-refractivity contribution is 0.588. The summed E-state index contributed by atoms with van der Waals surface area (Å²) in [6, 6.07) is 20.0. The first-order chi connectivity index (χ1) is 19.4. The van der Waals surface area contributed by atoms with Gasteiger partial charge in [-0.2, -0.15) is 5.26 Å². The molecule has 0 atom stereocenters. The molecule has 0 aliphatic carbocycles. The molecular formula is C27H16F2N8O2S. The van der Waals surface area contributed by atoms with Crippen molar-refractivity contribution >= 4 is 49.3 Å². The monoisotopic (exact) mass is 554 g/mol. The van der Waals surface area contributed by atoms with Crippen LogP contribution < -0.4 is 10.0 Å². The fourth-order valence-corrected chi connectivity index (χ4v) is 5.37. The number of para-hydroxylation sites is 2. The first kappa shape index (κ1) is 24.8. The number of halogens is 2. The van der Waals surface area contributed by atoms with Crippen molar-refractivity contribution in [3.8, 4) is 11.9 Å². The Labute approximate surface area is 225 Å². The highest BCUT2D eigenvalue weighted by Gasteiger charge is 2.23. The Balaban J connectivity index is 1.39. The largest absolute Gasteiger partial charge is 0.333 e. The minimum Gasteiger partial charge on any atom is -0.333 e. The van der Waals surface area contributed by atoms with Gasteiger partial charge in [-0.3, -0.25) is 9.29 Å². The fourth-order valence-electron chi connectivity index (χ4n) is 4.15. The van der Waals surface area contributed by atoms with E-state index in [0.717, 1.165) is 23.2 Å². The van der Waals surface area contributed by atoms with E-state index in [0.29, 0.717) is 11.3 Å². The molecule has 13 heteroatoms. The van der Waals surface area contributed by atoms with Crippen LogP contribution in [0.1, 0.15) is 5.56 Å². The molecule has 0 fully saturated rings. The molecule has 6 aromatic rings. The van der Waals surface area contributed by atoms with Gasteiger partial charge in [-0.25, -0.2) is 37.1 Å². The molecular weight excluding hydrogens is 538 g/mol. The highest BCUT2D eigenvalue weighted by atomic mass is 32.2. The number of aromatic nitrogens is 5. The number of benzene rings is 3. The second kappa shape index (κ2) is 9.68. The molecule has 0 unspecified atom stereocenters. The third-order valence-corrected chi connectivity index (χ3v) is 7.47. The summed E-state index contributed by atoms with van der Waals surface area (Å²) < 4.78 is 60.1. The lowest BCUT2D eigenvalue weighted by Gasteiger charge is -2.14. The maximum Gasteiger partial charge on any atom is 0.263 e. The topological polar surface area (TPSA) is 138 Å². The molecule has 0 amide bonds. The predicted molar refractivity (Wildman–Crippen MR) is 144 cm³/mol. The number of hydrogen-bond acceptors (Lipinski definition) is 8. The summed E-state index contributed by atoms with van der Waals surface area (Å²) in [4.78, 5) is 16.9. The lowest BCUT2D eigenvalue weighted by atomic mass is 10.2. The first-order valence-corrected chi connectivity index (χ1v) is 13.2. The number of anilines is 3. The van der Waals surface area contributed by atoms with Crippen molar-refractivity contribution in [3.63, 3.8) is 0 Å². The van der Waals surface area contributed by atoms with Gasteiger partial charge in [0.1, 0.15) is 46.5 Å². The second-order valence-electron chi connectivity index (χ2n) is 8.49. The molecule has 0 radical (unpaired) electrons. The van der Waals surface area contributed by atoms with Gasteiger partial charge in [0.15, 0.2) is 11.6 Å². The number of sulfonamides is 1. The first-order valence-electron chi connectivity index (χ1n) is 11.7. The van der Waals surface area contributed by atoms with Gasteiger partial charge in [0, 0.05) is 0 Å². The normalized spacial score (nSPS) is 11.4. The number of imidazole rings is 1. The van der Waals surface area contributed by atoms with Crippen LogP contribution in [0.5, 0.6) is 0 Å². The average molecular weight is 555 g/mol. The van der Waals surface area contributed by atoms with Crippen molar-refractivity contribution in [2.45, 2.75) is 4.90 Å². The Morgan fingerprint density at radius 3 is 2.52 bits per heavy atom. The molecule has 3 aromatic carbocycles. The van der Waals surface area contributed by atoms with E-state index in [1.54, 1.807) is 29.1 Å². The second-order valence-corrected chi connectivity index (χ2v) is 10.1. The fraction of sp³-hybridized carbons (Fsp3) is 0. The van der Waals surface area contributed by atoms with Crippen LogP contribution >= 0.6 is 0 Å². The van der Waals surface area contributed by atoms with E-state index in [-0.39, 0.29) is 21.8 Å². The molecule has 0 bridgehead atoms. The van der Waals surface area contributed by atoms with Gasteiger partial charge in [-0.1, -0.05) is 24.3 Å². The molecule has 6 rings (SSSR count). The summed E-state index contributed by atoms with van der Waals surface area (Å²) in [6.45, 7) is 0. The third-order valence-electron chi connectivity index (χ3n) is 6.04. The van der Waals surface area contributed by atoms with Crippen LogP contribution in [0.25, 0.3) is 27.9 Å². The third kappa shape index (κ3) is 4.32. The highest BCUT2D eigenvalue weighted by Crippen LogP contribution is 2.32. The molecule has 0 aliphatic rings. The molecule has 3 heterocycles. The molecule has 0 saturated heterocycles. The predicted octanol–water partition coefficient (Wildman–Crippen LogP) is 5.06. The van der Waals surface area contributed by atoms with Gasteiger partial charge in [-0.15, -0.1) is 0 Å². The number of nitrogens with zero attached hydrogens (tertiary/aromatic N) is 6. The average Bonchev–Trinajstić information content (AvgIpc) is 3.41. The van der Waals surface area contributed by atoms with Crippen LogP contribution in [-0.2, 0) is 10.0 Å². The van der Waals surface area contributed by atoms with Gasteiger partial charge in [0.25, 0.3) is 10.0 Å². The summed E-state index contributed by atoms with van der Waals surface area (Å²) >= 11 is 0. The van der Waals surface area contributed by atoms with Crippen LogP contribution in [0, 0.1) is 23.0 Å². The van der Waals surface area contributed by atoms with Crippen LogP contribution in [0.3, 0.4) is 0 Å². The van der Waals surface area contributed by atoms with Crippen molar-refractivity contribution in [2.75, 3.05) is 10.0 Å². The Bertz CT molecular complexity index is 2090. The summed E-state index contributed by atoms with van der Waals surface area (Å²) in [7, 11) is -4.37. The van der Waals surface area contributed by atoms with E-state index in [4.69, 9.17) is 0 Å². The summed E-state index contributed by atoms with van der Waals surface area (Å²) in [5, 5.41) is 11.9. The zero-order valence-corrected chi connectivity index (χ0v) is 21.1. The quantitative estimate of drug-likeness (QED) is 0.291. The maximum atomic E-state index is 15.6. The van der Waals surface area contributed by atoms with Crippen molar-refractivity contribution in [1.82, 2.24) is 24.5 Å². The molecule has 196 valence electrons. The molecule has 0 spiro atoms. The van der Waals surface area contributed by atoms with Crippen LogP contribution in [0.2, 0.25) is 0 Å². The van der Waals surface area contributed by atoms with Gasteiger partial charge >= 0.3 is 0 Å². The maximum absolute atomic E-state index is 15.6.